The Kier molecular flexibility index (Phi) is 7.38. The number of pyridine rings is 1. The van der Waals surface area contributed by atoms with Gasteiger partial charge in [0, 0.05) is 61.8 Å². The van der Waals surface area contributed by atoms with Crippen molar-refractivity contribution in [1.82, 2.24) is 19.9 Å². The molecule has 6 heteroatoms. The van der Waals surface area contributed by atoms with Crippen LogP contribution in [0.5, 0.6) is 0 Å². The molecule has 11 aromatic rings. The van der Waals surface area contributed by atoms with Crippen LogP contribution in [0.25, 0.3) is 111 Å². The van der Waals surface area contributed by atoms with Gasteiger partial charge in [0.15, 0.2) is 17.5 Å². The van der Waals surface area contributed by atoms with Gasteiger partial charge in [-0.15, -0.1) is 0 Å². The highest BCUT2D eigenvalue weighted by molar-refractivity contribution is 6.21. The van der Waals surface area contributed by atoms with Gasteiger partial charge in [-0.25, -0.2) is 15.0 Å². The second kappa shape index (κ2) is 13.0. The Hall–Kier alpha value is -7.70. The Morgan fingerprint density at radius 1 is 0.339 bits per heavy atom. The van der Waals surface area contributed by atoms with Crippen LogP contribution >= 0.6 is 0 Å². The Balaban J connectivity index is 1.04. The molecule has 0 unspecified atom stereocenters. The largest absolute Gasteiger partial charge is 0.456 e. The third-order valence-electron chi connectivity index (χ3n) is 10.5. The lowest BCUT2D eigenvalue weighted by molar-refractivity contribution is 0.668. The number of aromatic nitrogens is 4. The van der Waals surface area contributed by atoms with Crippen LogP contribution in [0, 0.1) is 0 Å². The summed E-state index contributed by atoms with van der Waals surface area (Å²) >= 11 is 0. The van der Waals surface area contributed by atoms with Crippen LogP contribution in [0.15, 0.2) is 191 Å². The molecule has 0 aliphatic carbocycles. The number of rotatable bonds is 6. The number of hydrogen-bond donors (Lipinski definition) is 0. The molecule has 0 fully saturated rings. The zero-order chi connectivity index (χ0) is 37.0. The van der Waals surface area contributed by atoms with E-state index in [-0.39, 0.29) is 0 Å². The van der Waals surface area contributed by atoms with Gasteiger partial charge in [-0.05, 0) is 58.7 Å². The molecular formula is C50H30N4O2. The smallest absolute Gasteiger partial charge is 0.164 e. The molecule has 0 saturated carbocycles. The third-order valence-corrected chi connectivity index (χ3v) is 10.5. The van der Waals surface area contributed by atoms with Crippen molar-refractivity contribution < 1.29 is 8.83 Å². The molecule has 11 rings (SSSR count). The van der Waals surface area contributed by atoms with E-state index in [4.69, 9.17) is 23.8 Å². The van der Waals surface area contributed by atoms with E-state index in [0.29, 0.717) is 17.5 Å². The molecule has 4 aromatic heterocycles. The zero-order valence-electron chi connectivity index (χ0n) is 29.9. The van der Waals surface area contributed by atoms with Gasteiger partial charge < -0.3 is 8.83 Å². The summed E-state index contributed by atoms with van der Waals surface area (Å²) < 4.78 is 13.0. The van der Waals surface area contributed by atoms with E-state index < -0.39 is 0 Å². The summed E-state index contributed by atoms with van der Waals surface area (Å²) in [5.74, 6) is 1.81. The summed E-state index contributed by atoms with van der Waals surface area (Å²) in [5, 5.41) is 4.33. The average Bonchev–Trinajstić information content (AvgIpc) is 3.86. The molecule has 0 saturated heterocycles. The number of fused-ring (bicyclic) bond motifs is 6. The first kappa shape index (κ1) is 31.8. The summed E-state index contributed by atoms with van der Waals surface area (Å²) in [5.41, 5.74) is 12.4. The molecular weight excluding hydrogens is 689 g/mol. The first-order valence-corrected chi connectivity index (χ1v) is 18.5. The fourth-order valence-electron chi connectivity index (χ4n) is 7.80. The van der Waals surface area contributed by atoms with Crippen molar-refractivity contribution in [2.75, 3.05) is 0 Å². The highest BCUT2D eigenvalue weighted by atomic mass is 16.3. The molecule has 0 aliphatic rings. The number of para-hydroxylation sites is 2. The molecule has 7 aromatic carbocycles. The van der Waals surface area contributed by atoms with Crippen LogP contribution in [-0.2, 0) is 0 Å². The van der Waals surface area contributed by atoms with Crippen LogP contribution in [0.1, 0.15) is 0 Å². The molecule has 0 amide bonds. The lowest BCUT2D eigenvalue weighted by Crippen LogP contribution is -2.00. The third kappa shape index (κ3) is 5.35. The van der Waals surface area contributed by atoms with E-state index in [2.05, 4.69) is 96.0 Å². The van der Waals surface area contributed by atoms with Crippen LogP contribution < -0.4 is 0 Å². The van der Waals surface area contributed by atoms with Gasteiger partial charge in [-0.3, -0.25) is 4.98 Å². The molecule has 4 heterocycles. The van der Waals surface area contributed by atoms with Gasteiger partial charge in [0.1, 0.15) is 22.3 Å². The van der Waals surface area contributed by atoms with Crippen molar-refractivity contribution in [2.24, 2.45) is 0 Å². The predicted molar refractivity (Wildman–Crippen MR) is 225 cm³/mol. The maximum absolute atomic E-state index is 6.71. The van der Waals surface area contributed by atoms with E-state index >= 15 is 0 Å². The van der Waals surface area contributed by atoms with Crippen molar-refractivity contribution >= 4 is 43.9 Å². The molecule has 0 radical (unpaired) electrons. The van der Waals surface area contributed by atoms with Gasteiger partial charge in [-0.1, -0.05) is 133 Å². The van der Waals surface area contributed by atoms with Gasteiger partial charge in [-0.2, -0.15) is 0 Å². The average molecular weight is 719 g/mol. The molecule has 0 spiro atoms. The van der Waals surface area contributed by atoms with Gasteiger partial charge in [0.05, 0.1) is 0 Å². The number of hydrogen-bond acceptors (Lipinski definition) is 6. The van der Waals surface area contributed by atoms with E-state index in [0.717, 1.165) is 93.9 Å². The minimum Gasteiger partial charge on any atom is -0.456 e. The minimum absolute atomic E-state index is 0.594. The monoisotopic (exact) mass is 718 g/mol. The van der Waals surface area contributed by atoms with Crippen LogP contribution in [0.3, 0.4) is 0 Å². The summed E-state index contributed by atoms with van der Waals surface area (Å²) in [7, 11) is 0. The lowest BCUT2D eigenvalue weighted by atomic mass is 9.92. The van der Waals surface area contributed by atoms with Gasteiger partial charge >= 0.3 is 0 Å². The molecule has 0 bridgehead atoms. The maximum atomic E-state index is 6.71. The first-order chi connectivity index (χ1) is 27.7. The van der Waals surface area contributed by atoms with Crippen molar-refractivity contribution in [3.63, 3.8) is 0 Å². The van der Waals surface area contributed by atoms with E-state index in [1.54, 1.807) is 6.20 Å². The Morgan fingerprint density at radius 2 is 0.893 bits per heavy atom. The zero-order valence-corrected chi connectivity index (χ0v) is 29.9. The highest BCUT2D eigenvalue weighted by Crippen LogP contribution is 2.45. The number of furan rings is 2. The molecule has 56 heavy (non-hydrogen) atoms. The minimum atomic E-state index is 0.594. The summed E-state index contributed by atoms with van der Waals surface area (Å²) in [6, 6.07) is 57.8. The van der Waals surface area contributed by atoms with E-state index in [1.807, 2.05) is 85.1 Å². The van der Waals surface area contributed by atoms with Crippen LogP contribution in [-0.4, -0.2) is 19.9 Å². The fraction of sp³-hybridized carbons (Fsp3) is 0. The van der Waals surface area contributed by atoms with Gasteiger partial charge in [0.2, 0.25) is 0 Å². The predicted octanol–water partition coefficient (Wildman–Crippen LogP) is 13.1. The second-order valence-corrected chi connectivity index (χ2v) is 13.8. The second-order valence-electron chi connectivity index (χ2n) is 13.8. The normalized spacial score (nSPS) is 11.6. The summed E-state index contributed by atoms with van der Waals surface area (Å²) in [6.45, 7) is 0. The van der Waals surface area contributed by atoms with Crippen molar-refractivity contribution in [1.29, 1.82) is 0 Å². The Morgan fingerprint density at radius 3 is 1.66 bits per heavy atom. The van der Waals surface area contributed by atoms with Crippen molar-refractivity contribution in [3.8, 4) is 67.5 Å². The topological polar surface area (TPSA) is 77.8 Å². The SMILES string of the molecule is c1ccc(-c2nc(-c3ccc(-c4ccc(-c5cccc6oc7ccccc7c56)c5c4oc4ccccc45)cc3)nc(-c3cccc(-c4cccnc4)c3)n2)cc1. The Bertz CT molecular complexity index is 3240. The molecule has 0 N–H and O–H groups in total. The van der Waals surface area contributed by atoms with Gasteiger partial charge in [0.25, 0.3) is 0 Å². The Labute approximate surface area is 321 Å². The molecule has 0 aliphatic heterocycles. The lowest BCUT2D eigenvalue weighted by Gasteiger charge is -2.11. The van der Waals surface area contributed by atoms with Crippen molar-refractivity contribution in [2.45, 2.75) is 0 Å². The van der Waals surface area contributed by atoms with Crippen molar-refractivity contribution in [3.05, 3.63) is 182 Å². The van der Waals surface area contributed by atoms with E-state index in [1.165, 1.54) is 0 Å². The maximum Gasteiger partial charge on any atom is 0.164 e. The summed E-state index contributed by atoms with van der Waals surface area (Å²) in [6.07, 6.45) is 3.64. The summed E-state index contributed by atoms with van der Waals surface area (Å²) in [4.78, 5) is 19.3. The number of benzene rings is 7. The molecule has 262 valence electrons. The van der Waals surface area contributed by atoms with E-state index in [9.17, 15) is 0 Å². The first-order valence-electron chi connectivity index (χ1n) is 18.5. The van der Waals surface area contributed by atoms with Crippen LogP contribution in [0.4, 0.5) is 0 Å². The van der Waals surface area contributed by atoms with Crippen LogP contribution in [0.2, 0.25) is 0 Å². The quantitative estimate of drug-likeness (QED) is 0.170. The highest BCUT2D eigenvalue weighted by Gasteiger charge is 2.21. The fourth-order valence-corrected chi connectivity index (χ4v) is 7.80. The molecule has 0 atom stereocenters. The standard InChI is InChI=1S/C50H30N4O2/c1-2-11-32(12-3-1)48-52-49(54-50(53-48)35-14-8-13-34(29-35)36-15-10-28-51-30-36)33-24-22-31(23-25-33)37-26-27-39(46-41-17-5-7-20-43(41)56-47(37)46)38-18-9-21-44-45(38)40-16-4-6-19-42(40)55-44/h1-30H. The number of nitrogens with zero attached hydrogens (tertiary/aromatic N) is 4. The molecule has 6 nitrogen and oxygen atoms in total.